The van der Waals surface area contributed by atoms with Crippen LogP contribution in [0.15, 0.2) is 24.3 Å². The summed E-state index contributed by atoms with van der Waals surface area (Å²) in [6.45, 7) is 4.59. The van der Waals surface area contributed by atoms with E-state index in [2.05, 4.69) is 36.3 Å². The van der Waals surface area contributed by atoms with Gasteiger partial charge in [-0.1, -0.05) is 23.7 Å². The number of hydrogen-bond donors (Lipinski definition) is 1. The molecule has 2 nitrogen and oxygen atoms in total. The van der Waals surface area contributed by atoms with Gasteiger partial charge >= 0.3 is 0 Å². The number of halogens is 1. The third-order valence-electron chi connectivity index (χ3n) is 4.08. The molecule has 1 aliphatic heterocycles. The zero-order chi connectivity index (χ0) is 13.0. The predicted octanol–water partition coefficient (Wildman–Crippen LogP) is 3.47. The van der Waals surface area contributed by atoms with Gasteiger partial charge in [0.05, 0.1) is 0 Å². The zero-order valence-electron chi connectivity index (χ0n) is 11.3. The minimum absolute atomic E-state index is 0.449. The molecule has 0 aliphatic carbocycles. The van der Waals surface area contributed by atoms with Crippen molar-refractivity contribution in [3.8, 4) is 0 Å². The molecular weight excluding hydrogens is 244 g/mol. The summed E-state index contributed by atoms with van der Waals surface area (Å²) < 4.78 is 0. The number of nitrogens with one attached hydrogen (secondary N) is 1. The van der Waals surface area contributed by atoms with Crippen LogP contribution >= 0.6 is 11.6 Å². The van der Waals surface area contributed by atoms with Crippen LogP contribution < -0.4 is 5.32 Å². The molecule has 2 rings (SSSR count). The monoisotopic (exact) mass is 266 g/mol. The summed E-state index contributed by atoms with van der Waals surface area (Å²) in [7, 11) is 2.25. The molecule has 3 heteroatoms. The Kier molecular flexibility index (Phi) is 5.04. The van der Waals surface area contributed by atoms with E-state index in [9.17, 15) is 0 Å². The van der Waals surface area contributed by atoms with Gasteiger partial charge < -0.3 is 5.32 Å². The molecular formula is C15H23ClN2. The van der Waals surface area contributed by atoms with Crippen LogP contribution in [-0.2, 0) is 0 Å². The first kappa shape index (κ1) is 13.9. The van der Waals surface area contributed by atoms with E-state index < -0.39 is 0 Å². The van der Waals surface area contributed by atoms with Crippen LogP contribution in [0.1, 0.15) is 37.8 Å². The first-order chi connectivity index (χ1) is 8.68. The van der Waals surface area contributed by atoms with Crippen LogP contribution in [0.2, 0.25) is 5.02 Å². The molecule has 1 aromatic carbocycles. The Hall–Kier alpha value is -0.570. The molecule has 0 radical (unpaired) electrons. The summed E-state index contributed by atoms with van der Waals surface area (Å²) in [5, 5.41) is 4.29. The number of hydrogen-bond acceptors (Lipinski definition) is 2. The van der Waals surface area contributed by atoms with Crippen LogP contribution in [0.3, 0.4) is 0 Å². The van der Waals surface area contributed by atoms with E-state index in [4.69, 9.17) is 11.6 Å². The fourth-order valence-corrected chi connectivity index (χ4v) is 2.83. The van der Waals surface area contributed by atoms with Gasteiger partial charge in [0.25, 0.3) is 0 Å². The van der Waals surface area contributed by atoms with Crippen molar-refractivity contribution in [3.63, 3.8) is 0 Å². The lowest BCUT2D eigenvalue weighted by molar-refractivity contribution is 0.171. The van der Waals surface area contributed by atoms with Gasteiger partial charge in [-0.05, 0) is 64.0 Å². The number of benzene rings is 1. The van der Waals surface area contributed by atoms with Gasteiger partial charge in [0.2, 0.25) is 0 Å². The SMILES string of the molecule is CC(c1ccc(Cl)cc1)N(C)C1CCCNCC1. The molecule has 1 fully saturated rings. The second kappa shape index (κ2) is 6.55. The highest BCUT2D eigenvalue weighted by atomic mass is 35.5. The third-order valence-corrected chi connectivity index (χ3v) is 4.34. The molecule has 1 N–H and O–H groups in total. The Bertz CT molecular complexity index is 355. The summed E-state index contributed by atoms with van der Waals surface area (Å²) >= 11 is 5.94. The number of nitrogens with zero attached hydrogens (tertiary/aromatic N) is 1. The van der Waals surface area contributed by atoms with E-state index in [1.54, 1.807) is 0 Å². The van der Waals surface area contributed by atoms with E-state index in [0.29, 0.717) is 12.1 Å². The smallest absolute Gasteiger partial charge is 0.0406 e. The van der Waals surface area contributed by atoms with Gasteiger partial charge in [-0.15, -0.1) is 0 Å². The van der Waals surface area contributed by atoms with Crippen LogP contribution in [0.5, 0.6) is 0 Å². The molecule has 0 saturated carbocycles. The van der Waals surface area contributed by atoms with Crippen LogP contribution in [0.4, 0.5) is 0 Å². The number of rotatable bonds is 3. The topological polar surface area (TPSA) is 15.3 Å². The molecule has 2 atom stereocenters. The Balaban J connectivity index is 2.02. The lowest BCUT2D eigenvalue weighted by Crippen LogP contribution is -2.34. The summed E-state index contributed by atoms with van der Waals surface area (Å²) in [4.78, 5) is 2.51. The second-order valence-electron chi connectivity index (χ2n) is 5.23. The van der Waals surface area contributed by atoms with Gasteiger partial charge in [-0.25, -0.2) is 0 Å². The Morgan fingerprint density at radius 3 is 2.67 bits per heavy atom. The van der Waals surface area contributed by atoms with Crippen LogP contribution in [0, 0.1) is 0 Å². The van der Waals surface area contributed by atoms with Crippen molar-refractivity contribution in [1.29, 1.82) is 0 Å². The second-order valence-corrected chi connectivity index (χ2v) is 5.66. The van der Waals surface area contributed by atoms with Gasteiger partial charge in [-0.3, -0.25) is 4.90 Å². The van der Waals surface area contributed by atoms with Crippen molar-refractivity contribution in [2.24, 2.45) is 0 Å². The molecule has 0 spiro atoms. The molecule has 0 bridgehead atoms. The van der Waals surface area contributed by atoms with E-state index in [0.717, 1.165) is 11.6 Å². The predicted molar refractivity (Wildman–Crippen MR) is 78.1 cm³/mol. The van der Waals surface area contributed by atoms with Crippen LogP contribution in [-0.4, -0.2) is 31.1 Å². The average Bonchev–Trinajstić information content (AvgIpc) is 2.67. The molecule has 0 aromatic heterocycles. The molecule has 100 valence electrons. The van der Waals surface area contributed by atoms with Crippen molar-refractivity contribution in [2.45, 2.75) is 38.3 Å². The molecule has 1 aliphatic rings. The maximum atomic E-state index is 5.94. The van der Waals surface area contributed by atoms with Gasteiger partial charge in [0, 0.05) is 17.1 Å². The van der Waals surface area contributed by atoms with E-state index >= 15 is 0 Å². The summed E-state index contributed by atoms with van der Waals surface area (Å²) in [6, 6.07) is 9.37. The Labute approximate surface area is 115 Å². The van der Waals surface area contributed by atoms with Crippen molar-refractivity contribution in [3.05, 3.63) is 34.9 Å². The molecule has 18 heavy (non-hydrogen) atoms. The van der Waals surface area contributed by atoms with Gasteiger partial charge in [0.15, 0.2) is 0 Å². The maximum Gasteiger partial charge on any atom is 0.0406 e. The quantitative estimate of drug-likeness (QED) is 0.901. The molecule has 1 heterocycles. The Morgan fingerprint density at radius 1 is 1.22 bits per heavy atom. The highest BCUT2D eigenvalue weighted by Gasteiger charge is 2.21. The lowest BCUT2D eigenvalue weighted by Gasteiger charge is -2.32. The molecule has 1 saturated heterocycles. The van der Waals surface area contributed by atoms with Crippen LogP contribution in [0.25, 0.3) is 0 Å². The van der Waals surface area contributed by atoms with Crippen molar-refractivity contribution in [1.82, 2.24) is 10.2 Å². The average molecular weight is 267 g/mol. The minimum atomic E-state index is 0.449. The van der Waals surface area contributed by atoms with E-state index in [-0.39, 0.29) is 0 Å². The fraction of sp³-hybridized carbons (Fsp3) is 0.600. The van der Waals surface area contributed by atoms with Gasteiger partial charge in [0.1, 0.15) is 0 Å². The van der Waals surface area contributed by atoms with Crippen molar-refractivity contribution < 1.29 is 0 Å². The first-order valence-electron chi connectivity index (χ1n) is 6.86. The highest BCUT2D eigenvalue weighted by molar-refractivity contribution is 6.30. The van der Waals surface area contributed by atoms with Gasteiger partial charge in [-0.2, -0.15) is 0 Å². The summed E-state index contributed by atoms with van der Waals surface area (Å²) in [5.41, 5.74) is 1.35. The van der Waals surface area contributed by atoms with Crippen molar-refractivity contribution in [2.75, 3.05) is 20.1 Å². The standard InChI is InChI=1S/C15H23ClN2/c1-12(13-5-7-14(16)8-6-13)18(2)15-4-3-10-17-11-9-15/h5-8,12,15,17H,3-4,9-11H2,1-2H3. The van der Waals surface area contributed by atoms with Crippen molar-refractivity contribution >= 4 is 11.6 Å². The zero-order valence-corrected chi connectivity index (χ0v) is 12.1. The summed E-state index contributed by atoms with van der Waals surface area (Å²) in [6.07, 6.45) is 3.82. The Morgan fingerprint density at radius 2 is 1.94 bits per heavy atom. The summed E-state index contributed by atoms with van der Waals surface area (Å²) in [5.74, 6) is 0. The minimum Gasteiger partial charge on any atom is -0.317 e. The normalized spacial score (nSPS) is 22.8. The lowest BCUT2D eigenvalue weighted by atomic mass is 10.0. The first-order valence-corrected chi connectivity index (χ1v) is 7.24. The fourth-order valence-electron chi connectivity index (χ4n) is 2.70. The molecule has 0 amide bonds. The van der Waals surface area contributed by atoms with E-state index in [1.165, 1.54) is 31.4 Å². The molecule has 2 unspecified atom stereocenters. The third kappa shape index (κ3) is 3.47. The largest absolute Gasteiger partial charge is 0.317 e. The van der Waals surface area contributed by atoms with E-state index in [1.807, 2.05) is 12.1 Å². The highest BCUT2D eigenvalue weighted by Crippen LogP contribution is 2.25. The maximum absolute atomic E-state index is 5.94. The molecule has 1 aromatic rings.